The number of phenols is 2. The van der Waals surface area contributed by atoms with E-state index in [4.69, 9.17) is 16.0 Å². The quantitative estimate of drug-likeness (QED) is 0.202. The molecule has 0 fully saturated rings. The number of aromatic hydroxyl groups is 2. The van der Waals surface area contributed by atoms with Gasteiger partial charge in [-0.2, -0.15) is 0 Å². The van der Waals surface area contributed by atoms with E-state index in [9.17, 15) is 15.4 Å². The van der Waals surface area contributed by atoms with Gasteiger partial charge >= 0.3 is 72.4 Å². The van der Waals surface area contributed by atoms with Gasteiger partial charge < -0.3 is 36.6 Å². The minimum absolute atomic E-state index is 0. The SMILES string of the molecule is [K+].[NH-]C(c1cc(-c2ccc(O)c(O)c2)cs1)C(c1ccc2occc2c1)N([NH-])[O-].[W+2]. The van der Waals surface area contributed by atoms with Crippen molar-refractivity contribution in [3.63, 3.8) is 0 Å². The van der Waals surface area contributed by atoms with E-state index in [1.165, 1.54) is 23.5 Å². The fraction of sp³-hybridized carbons (Fsp3) is 0.100. The van der Waals surface area contributed by atoms with Crippen molar-refractivity contribution in [3.8, 4) is 22.6 Å². The Labute approximate surface area is 233 Å². The first kappa shape index (κ1) is 25.7. The van der Waals surface area contributed by atoms with Gasteiger partial charge in [0.25, 0.3) is 0 Å². The molecule has 0 spiro atoms. The van der Waals surface area contributed by atoms with E-state index in [-0.39, 0.29) is 89.1 Å². The molecule has 0 amide bonds. The number of thiophene rings is 1. The van der Waals surface area contributed by atoms with Crippen molar-refractivity contribution in [2.45, 2.75) is 12.1 Å². The van der Waals surface area contributed by atoms with Crippen LogP contribution in [0.4, 0.5) is 0 Å². The maximum Gasteiger partial charge on any atom is 2.00 e. The summed E-state index contributed by atoms with van der Waals surface area (Å²) in [5, 5.41) is 33.8. The number of nitrogens with zero attached hydrogens (tertiary/aromatic N) is 1. The van der Waals surface area contributed by atoms with Crippen molar-refractivity contribution < 1.29 is 87.1 Å². The fourth-order valence-electron chi connectivity index (χ4n) is 3.16. The summed E-state index contributed by atoms with van der Waals surface area (Å²) >= 11 is 1.31. The molecule has 2 aromatic carbocycles. The monoisotopic (exact) mass is 617 g/mol. The van der Waals surface area contributed by atoms with Crippen LogP contribution in [0.15, 0.2) is 64.6 Å². The number of phenolic OH excluding ortho intramolecular Hbond substituents is 2. The van der Waals surface area contributed by atoms with Crippen LogP contribution in [0.5, 0.6) is 11.5 Å². The first-order chi connectivity index (χ1) is 13.4. The van der Waals surface area contributed by atoms with Gasteiger partial charge in [-0.3, -0.25) is 0 Å². The molecule has 0 aliphatic carbocycles. The molecule has 0 bridgehead atoms. The van der Waals surface area contributed by atoms with E-state index in [1.54, 1.807) is 42.7 Å². The van der Waals surface area contributed by atoms with Gasteiger partial charge in [0.2, 0.25) is 0 Å². The summed E-state index contributed by atoms with van der Waals surface area (Å²) in [6.07, 6.45) is 1.55. The van der Waals surface area contributed by atoms with E-state index in [2.05, 4.69) is 0 Å². The summed E-state index contributed by atoms with van der Waals surface area (Å²) in [5.41, 5.74) is 11.3. The van der Waals surface area contributed by atoms with Crippen LogP contribution in [0.2, 0.25) is 0 Å². The van der Waals surface area contributed by atoms with E-state index < -0.39 is 12.1 Å². The van der Waals surface area contributed by atoms with Gasteiger partial charge in [0.1, 0.15) is 5.58 Å². The van der Waals surface area contributed by atoms with Crippen molar-refractivity contribution in [2.24, 2.45) is 0 Å². The van der Waals surface area contributed by atoms with Crippen molar-refractivity contribution in [1.29, 1.82) is 0 Å². The van der Waals surface area contributed by atoms with Crippen LogP contribution in [0, 0.1) is 5.21 Å². The molecule has 7 nitrogen and oxygen atoms in total. The number of hydroxylamine groups is 1. The number of rotatable bonds is 5. The molecule has 0 saturated heterocycles. The number of hydrogen-bond acceptors (Lipinski definition) is 6. The largest absolute Gasteiger partial charge is 2.00 e. The molecule has 2 aromatic heterocycles. The predicted octanol–water partition coefficient (Wildman–Crippen LogP) is 3.18. The smallest absolute Gasteiger partial charge is 0.802 e. The van der Waals surface area contributed by atoms with Crippen LogP contribution < -0.4 is 51.4 Å². The summed E-state index contributed by atoms with van der Waals surface area (Å²) in [7, 11) is 0. The Kier molecular flexibility index (Phi) is 9.29. The Bertz CT molecular complexity index is 1130. The van der Waals surface area contributed by atoms with Gasteiger partial charge in [-0.25, -0.2) is 0 Å². The van der Waals surface area contributed by atoms with Crippen molar-refractivity contribution in [1.82, 2.24) is 5.17 Å². The Hall–Kier alpha value is -0.555. The Morgan fingerprint density at radius 3 is 2.47 bits per heavy atom. The van der Waals surface area contributed by atoms with Gasteiger partial charge in [-0.05, 0) is 69.4 Å². The van der Waals surface area contributed by atoms with Crippen molar-refractivity contribution in [2.75, 3.05) is 0 Å². The summed E-state index contributed by atoms with van der Waals surface area (Å²) in [4.78, 5) is 0.618. The zero-order valence-electron chi connectivity index (χ0n) is 15.9. The van der Waals surface area contributed by atoms with Crippen LogP contribution in [-0.2, 0) is 21.1 Å². The second-order valence-corrected chi connectivity index (χ2v) is 7.35. The standard InChI is InChI=1S/C20H16N3O4S.K.W/c21-19(18-9-14(10-28-18)11-1-3-15(24)16(25)8-11)20(23(22)26)13-2-4-17-12(7-13)5-6-27-17;;/h1-10,19-22,24-25H;;/q-3;+1;+2. The summed E-state index contributed by atoms with van der Waals surface area (Å²) in [6.45, 7) is 0. The molecule has 4 aromatic rings. The van der Waals surface area contributed by atoms with Crippen LogP contribution in [-0.4, -0.2) is 15.4 Å². The number of nitrogens with one attached hydrogen (secondary N) is 2. The molecule has 10 heteroatoms. The topological polar surface area (TPSA) is 128 Å². The van der Waals surface area contributed by atoms with Crippen LogP contribution in [0.1, 0.15) is 22.5 Å². The Balaban J connectivity index is 0.00000160. The molecular weight excluding hydrogens is 601 g/mol. The average Bonchev–Trinajstić information content (AvgIpc) is 3.32. The van der Waals surface area contributed by atoms with Gasteiger partial charge in [-0.15, -0.1) is 11.3 Å². The zero-order chi connectivity index (χ0) is 19.8. The Morgan fingerprint density at radius 2 is 1.77 bits per heavy atom. The molecule has 148 valence electrons. The summed E-state index contributed by atoms with van der Waals surface area (Å²) < 4.78 is 5.31. The van der Waals surface area contributed by atoms with Gasteiger partial charge in [0.15, 0.2) is 11.5 Å². The molecule has 0 aliphatic heterocycles. The normalized spacial score (nSPS) is 12.9. The molecule has 0 radical (unpaired) electrons. The Morgan fingerprint density at radius 1 is 1.00 bits per heavy atom. The number of furan rings is 1. The molecular formula is C20H16KN3O4SW. The van der Waals surface area contributed by atoms with E-state index in [0.29, 0.717) is 21.6 Å². The summed E-state index contributed by atoms with van der Waals surface area (Å²) in [6, 6.07) is 11.3. The zero-order valence-corrected chi connectivity index (χ0v) is 22.8. The third-order valence-electron chi connectivity index (χ3n) is 4.62. The predicted molar refractivity (Wildman–Crippen MR) is 109 cm³/mol. The molecule has 2 heterocycles. The molecule has 0 saturated carbocycles. The minimum Gasteiger partial charge on any atom is -0.802 e. The maximum atomic E-state index is 12.0. The molecule has 2 unspecified atom stereocenters. The molecule has 0 aliphatic rings. The third-order valence-corrected chi connectivity index (χ3v) is 5.64. The van der Waals surface area contributed by atoms with Gasteiger partial charge in [0.05, 0.1) is 6.26 Å². The van der Waals surface area contributed by atoms with Gasteiger partial charge in [-0.1, -0.05) is 18.2 Å². The molecule has 4 rings (SSSR count). The number of hydrogen-bond donors (Lipinski definition) is 2. The summed E-state index contributed by atoms with van der Waals surface area (Å²) in [5.74, 6) is 7.19. The molecule has 4 N–H and O–H groups in total. The minimum atomic E-state index is -1.00. The molecule has 30 heavy (non-hydrogen) atoms. The molecule has 2 atom stereocenters. The van der Waals surface area contributed by atoms with Crippen LogP contribution in [0.3, 0.4) is 0 Å². The second-order valence-electron chi connectivity index (χ2n) is 6.41. The number of fused-ring (bicyclic) bond motifs is 1. The van der Waals surface area contributed by atoms with E-state index in [1.807, 2.05) is 5.38 Å². The van der Waals surface area contributed by atoms with E-state index >= 15 is 0 Å². The average molecular weight is 617 g/mol. The van der Waals surface area contributed by atoms with Gasteiger partial charge in [0, 0.05) is 5.39 Å². The first-order valence-electron chi connectivity index (χ1n) is 8.40. The van der Waals surface area contributed by atoms with Crippen molar-refractivity contribution in [3.05, 3.63) is 87.4 Å². The fourth-order valence-corrected chi connectivity index (χ4v) is 4.10. The maximum absolute atomic E-state index is 12.0. The third kappa shape index (κ3) is 5.25. The van der Waals surface area contributed by atoms with E-state index in [0.717, 1.165) is 10.9 Å². The van der Waals surface area contributed by atoms with Crippen LogP contribution >= 0.6 is 11.3 Å². The first-order valence-corrected chi connectivity index (χ1v) is 9.28. The van der Waals surface area contributed by atoms with Crippen LogP contribution in [0.25, 0.3) is 33.7 Å². The second kappa shape index (κ2) is 10.8. The van der Waals surface area contributed by atoms with Crippen molar-refractivity contribution >= 4 is 22.3 Å². The number of benzene rings is 2.